The fraction of sp³-hybridized carbons (Fsp3) is 0.615. The Bertz CT molecular complexity index is 425. The van der Waals surface area contributed by atoms with Crippen molar-refractivity contribution in [1.29, 1.82) is 0 Å². The highest BCUT2D eigenvalue weighted by Crippen LogP contribution is 2.27. The molecule has 0 aromatic carbocycles. The summed E-state index contributed by atoms with van der Waals surface area (Å²) in [6, 6.07) is 0. The molecule has 0 aromatic rings. The zero-order valence-corrected chi connectivity index (χ0v) is 10.9. The monoisotopic (exact) mass is 269 g/mol. The number of aliphatic hydroxyl groups excluding tert-OH is 2. The van der Waals surface area contributed by atoms with Crippen molar-refractivity contribution < 1.29 is 24.9 Å². The Labute approximate surface area is 111 Å². The minimum absolute atomic E-state index is 0.0144. The Kier molecular flexibility index (Phi) is 5.69. The number of nitrogens with zero attached hydrogens (tertiary/aromatic N) is 1. The summed E-state index contributed by atoms with van der Waals surface area (Å²) in [5, 5.41) is 27.5. The van der Waals surface area contributed by atoms with E-state index in [1.807, 2.05) is 6.92 Å². The van der Waals surface area contributed by atoms with E-state index in [4.69, 9.17) is 10.2 Å². The average Bonchev–Trinajstić information content (AvgIpc) is 2.35. The Morgan fingerprint density at radius 3 is 2.58 bits per heavy atom. The highest BCUT2D eigenvalue weighted by molar-refractivity contribution is 6.23. The van der Waals surface area contributed by atoms with Crippen LogP contribution in [0, 0.1) is 5.92 Å². The molecular weight excluding hydrogens is 250 g/mol. The van der Waals surface area contributed by atoms with Crippen LogP contribution in [-0.2, 0) is 9.59 Å². The number of carbonyl (C=O) groups excluding carboxylic acids is 1. The molecule has 0 spiro atoms. The van der Waals surface area contributed by atoms with Crippen LogP contribution in [0.4, 0.5) is 0 Å². The van der Waals surface area contributed by atoms with Gasteiger partial charge in [0.05, 0.1) is 11.5 Å². The van der Waals surface area contributed by atoms with Crippen LogP contribution in [0.3, 0.4) is 0 Å². The molecule has 0 saturated heterocycles. The van der Waals surface area contributed by atoms with E-state index in [1.165, 1.54) is 0 Å². The predicted octanol–water partition coefficient (Wildman–Crippen LogP) is 1.10. The summed E-state index contributed by atoms with van der Waals surface area (Å²) in [6.07, 6.45) is 0.834. The SMILES string of the molecule is CCC(=NCCCO)C1=C(O)CC(C(=O)O)CC1=O. The normalized spacial score (nSPS) is 20.8. The van der Waals surface area contributed by atoms with Crippen molar-refractivity contribution >= 4 is 17.5 Å². The van der Waals surface area contributed by atoms with Crippen LogP contribution in [0.2, 0.25) is 0 Å². The van der Waals surface area contributed by atoms with Gasteiger partial charge in [-0.05, 0) is 12.8 Å². The molecule has 1 unspecified atom stereocenters. The van der Waals surface area contributed by atoms with Crippen molar-refractivity contribution in [3.05, 3.63) is 11.3 Å². The Morgan fingerprint density at radius 1 is 1.42 bits per heavy atom. The van der Waals surface area contributed by atoms with Crippen molar-refractivity contribution in [2.75, 3.05) is 13.2 Å². The topological polar surface area (TPSA) is 107 Å². The van der Waals surface area contributed by atoms with E-state index >= 15 is 0 Å². The van der Waals surface area contributed by atoms with Crippen molar-refractivity contribution in [2.24, 2.45) is 10.9 Å². The van der Waals surface area contributed by atoms with Crippen LogP contribution in [0.15, 0.2) is 16.3 Å². The summed E-state index contributed by atoms with van der Waals surface area (Å²) in [6.45, 7) is 2.21. The maximum absolute atomic E-state index is 11.9. The van der Waals surface area contributed by atoms with Crippen LogP contribution in [0.5, 0.6) is 0 Å². The van der Waals surface area contributed by atoms with Gasteiger partial charge in [0.2, 0.25) is 0 Å². The van der Waals surface area contributed by atoms with Gasteiger partial charge in [0, 0.05) is 31.7 Å². The highest BCUT2D eigenvalue weighted by Gasteiger charge is 2.33. The molecule has 0 amide bonds. The zero-order chi connectivity index (χ0) is 14.4. The first-order chi connectivity index (χ1) is 9.01. The third-order valence-corrected chi connectivity index (χ3v) is 3.03. The first kappa shape index (κ1) is 15.4. The second kappa shape index (κ2) is 7.04. The number of carbonyl (C=O) groups is 2. The Hall–Kier alpha value is -1.69. The minimum Gasteiger partial charge on any atom is -0.511 e. The lowest BCUT2D eigenvalue weighted by Crippen LogP contribution is -2.28. The lowest BCUT2D eigenvalue weighted by Gasteiger charge is -2.21. The largest absolute Gasteiger partial charge is 0.511 e. The number of hydrogen-bond acceptors (Lipinski definition) is 5. The number of Topliss-reactive ketones (excluding diaryl/α,β-unsaturated/α-hetero) is 1. The molecule has 1 aliphatic carbocycles. The smallest absolute Gasteiger partial charge is 0.307 e. The standard InChI is InChI=1S/C13H19NO5/c1-2-9(14-4-3-5-15)12-10(16)6-8(13(18)19)7-11(12)17/h8,15-16H,2-7H2,1H3,(H,18,19). The number of aliphatic hydroxyl groups is 2. The third kappa shape index (κ3) is 3.89. The molecule has 0 aliphatic heterocycles. The van der Waals surface area contributed by atoms with E-state index in [0.29, 0.717) is 25.1 Å². The van der Waals surface area contributed by atoms with E-state index in [9.17, 15) is 14.7 Å². The summed E-state index contributed by atoms with van der Waals surface area (Å²) in [5.74, 6) is -2.49. The molecule has 1 rings (SSSR count). The van der Waals surface area contributed by atoms with Crippen LogP contribution in [0.1, 0.15) is 32.6 Å². The number of aliphatic carboxylic acids is 1. The number of carboxylic acids is 1. The molecule has 0 radical (unpaired) electrons. The predicted molar refractivity (Wildman–Crippen MR) is 69.3 cm³/mol. The van der Waals surface area contributed by atoms with Crippen LogP contribution in [-0.4, -0.2) is 45.9 Å². The van der Waals surface area contributed by atoms with E-state index in [1.54, 1.807) is 0 Å². The van der Waals surface area contributed by atoms with Gasteiger partial charge in [0.25, 0.3) is 0 Å². The van der Waals surface area contributed by atoms with Crippen LogP contribution < -0.4 is 0 Å². The van der Waals surface area contributed by atoms with Gasteiger partial charge in [0.1, 0.15) is 5.76 Å². The summed E-state index contributed by atoms with van der Waals surface area (Å²) in [7, 11) is 0. The van der Waals surface area contributed by atoms with Crippen molar-refractivity contribution in [3.63, 3.8) is 0 Å². The van der Waals surface area contributed by atoms with Crippen LogP contribution >= 0.6 is 0 Å². The second-order valence-corrected chi connectivity index (χ2v) is 4.45. The number of aliphatic imine (C=N–C) groups is 1. The summed E-state index contributed by atoms with van der Waals surface area (Å²) in [5.41, 5.74) is 0.651. The van der Waals surface area contributed by atoms with Crippen LogP contribution in [0.25, 0.3) is 0 Å². The summed E-state index contributed by atoms with van der Waals surface area (Å²) in [4.78, 5) is 27.0. The molecule has 106 valence electrons. The first-order valence-electron chi connectivity index (χ1n) is 6.33. The third-order valence-electron chi connectivity index (χ3n) is 3.03. The van der Waals surface area contributed by atoms with Crippen molar-refractivity contribution in [3.8, 4) is 0 Å². The fourth-order valence-corrected chi connectivity index (χ4v) is 2.05. The molecule has 0 aromatic heterocycles. The number of ketones is 1. The van der Waals surface area contributed by atoms with Gasteiger partial charge in [-0.1, -0.05) is 6.92 Å². The molecular formula is C13H19NO5. The zero-order valence-electron chi connectivity index (χ0n) is 10.9. The molecule has 0 heterocycles. The molecule has 6 heteroatoms. The number of allylic oxidation sites excluding steroid dienone is 2. The van der Waals surface area contributed by atoms with E-state index in [2.05, 4.69) is 4.99 Å². The molecule has 1 aliphatic rings. The summed E-state index contributed by atoms with van der Waals surface area (Å²) < 4.78 is 0. The van der Waals surface area contributed by atoms with Gasteiger partial charge in [0.15, 0.2) is 5.78 Å². The lowest BCUT2D eigenvalue weighted by atomic mass is 9.84. The molecule has 0 bridgehead atoms. The highest BCUT2D eigenvalue weighted by atomic mass is 16.4. The maximum Gasteiger partial charge on any atom is 0.307 e. The van der Waals surface area contributed by atoms with Crippen molar-refractivity contribution in [2.45, 2.75) is 32.6 Å². The molecule has 19 heavy (non-hydrogen) atoms. The van der Waals surface area contributed by atoms with E-state index in [0.717, 1.165) is 0 Å². The van der Waals surface area contributed by atoms with Crippen molar-refractivity contribution in [1.82, 2.24) is 0 Å². The Balaban J connectivity index is 2.96. The Morgan fingerprint density at radius 2 is 2.11 bits per heavy atom. The maximum atomic E-state index is 11.9. The van der Waals surface area contributed by atoms with Gasteiger partial charge >= 0.3 is 5.97 Å². The molecule has 6 nitrogen and oxygen atoms in total. The average molecular weight is 269 g/mol. The molecule has 0 saturated carbocycles. The fourth-order valence-electron chi connectivity index (χ4n) is 2.05. The molecule has 1 atom stereocenters. The van der Waals surface area contributed by atoms with Gasteiger partial charge in [-0.2, -0.15) is 0 Å². The van der Waals surface area contributed by atoms with Gasteiger partial charge in [-0.15, -0.1) is 0 Å². The summed E-state index contributed by atoms with van der Waals surface area (Å²) >= 11 is 0. The van der Waals surface area contributed by atoms with Gasteiger partial charge in [-0.3, -0.25) is 14.6 Å². The van der Waals surface area contributed by atoms with Gasteiger partial charge < -0.3 is 15.3 Å². The van der Waals surface area contributed by atoms with Gasteiger partial charge in [-0.25, -0.2) is 0 Å². The van der Waals surface area contributed by atoms with E-state index in [-0.39, 0.29) is 36.6 Å². The second-order valence-electron chi connectivity index (χ2n) is 4.45. The lowest BCUT2D eigenvalue weighted by molar-refractivity contribution is -0.144. The number of carboxylic acid groups (broad SMARTS) is 1. The van der Waals surface area contributed by atoms with E-state index < -0.39 is 11.9 Å². The number of hydrogen-bond donors (Lipinski definition) is 3. The minimum atomic E-state index is -1.07. The molecule has 0 fully saturated rings. The quantitative estimate of drug-likeness (QED) is 0.494. The number of rotatable bonds is 6. The first-order valence-corrected chi connectivity index (χ1v) is 6.33. The molecule has 3 N–H and O–H groups in total.